The maximum Gasteiger partial charge on any atom is 0.229 e. The second kappa shape index (κ2) is 6.66. The molecular weight excluding hydrogens is 328 g/mol. The summed E-state index contributed by atoms with van der Waals surface area (Å²) in [7, 11) is -3.51. The largest absolute Gasteiger partial charge is 0.283 e. The van der Waals surface area contributed by atoms with Crippen molar-refractivity contribution in [3.8, 4) is 11.1 Å². The van der Waals surface area contributed by atoms with Crippen LogP contribution in [0.5, 0.6) is 0 Å². The van der Waals surface area contributed by atoms with Crippen molar-refractivity contribution in [2.45, 2.75) is 11.8 Å². The van der Waals surface area contributed by atoms with Gasteiger partial charge < -0.3 is 0 Å². The van der Waals surface area contributed by atoms with E-state index in [-0.39, 0.29) is 11.3 Å². The van der Waals surface area contributed by atoms with E-state index in [1.54, 1.807) is 30.0 Å². The predicted octanol–water partition coefficient (Wildman–Crippen LogP) is 4.12. The van der Waals surface area contributed by atoms with Gasteiger partial charge in [-0.15, -0.1) is 11.8 Å². The summed E-state index contributed by atoms with van der Waals surface area (Å²) in [5.41, 5.74) is 0.779. The van der Waals surface area contributed by atoms with E-state index >= 15 is 0 Å². The lowest BCUT2D eigenvalue weighted by molar-refractivity contribution is 0.585. The van der Waals surface area contributed by atoms with Crippen molar-refractivity contribution in [2.75, 3.05) is 16.7 Å². The molecule has 0 radical (unpaired) electrons. The van der Waals surface area contributed by atoms with Crippen LogP contribution in [-0.4, -0.2) is 20.4 Å². The van der Waals surface area contributed by atoms with Crippen LogP contribution in [0, 0.1) is 11.6 Å². The number of hydrogen-bond donors (Lipinski definition) is 1. The molecule has 0 unspecified atom stereocenters. The van der Waals surface area contributed by atoms with E-state index in [4.69, 9.17) is 0 Å². The Bertz CT molecular complexity index is 792. The highest BCUT2D eigenvalue weighted by molar-refractivity contribution is 7.99. The second-order valence-electron chi connectivity index (χ2n) is 4.64. The van der Waals surface area contributed by atoms with Gasteiger partial charge in [-0.2, -0.15) is 0 Å². The maximum absolute atomic E-state index is 14.0. The number of hydrogen-bond acceptors (Lipinski definition) is 3. The van der Waals surface area contributed by atoms with Crippen LogP contribution >= 0.6 is 11.8 Å². The van der Waals surface area contributed by atoms with E-state index in [1.807, 2.05) is 6.92 Å². The Hall–Kier alpha value is -1.60. The standard InChI is InChI=1S/C15H15F2NO2S2/c1-3-21-11-5-7-15(18-22(2,19)20)13(9-11)12-6-4-10(16)8-14(12)17/h4-9,18H,3H2,1-2H3. The summed E-state index contributed by atoms with van der Waals surface area (Å²) in [5, 5.41) is 0. The summed E-state index contributed by atoms with van der Waals surface area (Å²) in [6.45, 7) is 1.98. The zero-order valence-corrected chi connectivity index (χ0v) is 13.7. The summed E-state index contributed by atoms with van der Waals surface area (Å²) in [6.07, 6.45) is 1.02. The van der Waals surface area contributed by atoms with Gasteiger partial charge in [-0.05, 0) is 36.1 Å². The third-order valence-electron chi connectivity index (χ3n) is 2.82. The van der Waals surface area contributed by atoms with Gasteiger partial charge in [0, 0.05) is 22.1 Å². The van der Waals surface area contributed by atoms with Gasteiger partial charge in [0.15, 0.2) is 0 Å². The van der Waals surface area contributed by atoms with Crippen LogP contribution in [0.1, 0.15) is 6.92 Å². The molecule has 0 saturated heterocycles. The molecule has 2 aromatic carbocycles. The molecule has 0 aliphatic carbocycles. The van der Waals surface area contributed by atoms with Crippen LogP contribution in [-0.2, 0) is 10.0 Å². The number of rotatable bonds is 5. The molecule has 1 N–H and O–H groups in total. The van der Waals surface area contributed by atoms with Crippen LogP contribution in [0.25, 0.3) is 11.1 Å². The van der Waals surface area contributed by atoms with Gasteiger partial charge in [0.2, 0.25) is 10.0 Å². The van der Waals surface area contributed by atoms with Crippen molar-refractivity contribution in [3.05, 3.63) is 48.0 Å². The van der Waals surface area contributed by atoms with Crippen LogP contribution in [0.4, 0.5) is 14.5 Å². The molecule has 22 heavy (non-hydrogen) atoms. The third-order valence-corrected chi connectivity index (χ3v) is 4.29. The lowest BCUT2D eigenvalue weighted by atomic mass is 10.0. The Morgan fingerprint density at radius 2 is 1.82 bits per heavy atom. The molecule has 0 atom stereocenters. The summed E-state index contributed by atoms with van der Waals surface area (Å²) >= 11 is 1.55. The third kappa shape index (κ3) is 4.20. The fourth-order valence-electron chi connectivity index (χ4n) is 2.00. The van der Waals surface area contributed by atoms with Crippen LogP contribution < -0.4 is 4.72 Å². The van der Waals surface area contributed by atoms with Gasteiger partial charge >= 0.3 is 0 Å². The molecule has 0 aliphatic rings. The highest BCUT2D eigenvalue weighted by Crippen LogP contribution is 2.34. The second-order valence-corrected chi connectivity index (χ2v) is 7.72. The molecule has 7 heteroatoms. The zero-order chi connectivity index (χ0) is 16.3. The molecule has 2 aromatic rings. The van der Waals surface area contributed by atoms with Gasteiger partial charge in [-0.25, -0.2) is 17.2 Å². The number of sulfonamides is 1. The monoisotopic (exact) mass is 343 g/mol. The van der Waals surface area contributed by atoms with E-state index in [2.05, 4.69) is 4.72 Å². The molecule has 118 valence electrons. The van der Waals surface area contributed by atoms with Gasteiger partial charge in [-0.3, -0.25) is 4.72 Å². The fourth-order valence-corrected chi connectivity index (χ4v) is 3.28. The summed E-state index contributed by atoms with van der Waals surface area (Å²) in [6, 6.07) is 8.25. The number of benzene rings is 2. The molecule has 0 bridgehead atoms. The Labute approximate surface area is 132 Å². The minimum atomic E-state index is -3.51. The van der Waals surface area contributed by atoms with E-state index in [1.165, 1.54) is 6.07 Å². The molecule has 0 aliphatic heterocycles. The SMILES string of the molecule is CCSc1ccc(NS(C)(=O)=O)c(-c2ccc(F)cc2F)c1. The number of nitrogens with one attached hydrogen (secondary N) is 1. The van der Waals surface area contributed by atoms with Crippen molar-refractivity contribution >= 4 is 27.5 Å². The summed E-state index contributed by atoms with van der Waals surface area (Å²) < 4.78 is 52.4. The fraction of sp³-hybridized carbons (Fsp3) is 0.200. The van der Waals surface area contributed by atoms with E-state index in [0.29, 0.717) is 5.56 Å². The lowest BCUT2D eigenvalue weighted by Crippen LogP contribution is -2.10. The minimum Gasteiger partial charge on any atom is -0.283 e. The van der Waals surface area contributed by atoms with E-state index < -0.39 is 21.7 Å². The topological polar surface area (TPSA) is 46.2 Å². The first-order valence-electron chi connectivity index (χ1n) is 6.50. The Balaban J connectivity index is 2.60. The number of halogens is 2. The average Bonchev–Trinajstić information content (AvgIpc) is 2.40. The molecular formula is C15H15F2NO2S2. The van der Waals surface area contributed by atoms with Crippen molar-refractivity contribution in [1.82, 2.24) is 0 Å². The molecule has 2 rings (SSSR count). The first-order valence-corrected chi connectivity index (χ1v) is 9.38. The molecule has 0 spiro atoms. The smallest absolute Gasteiger partial charge is 0.229 e. The van der Waals surface area contributed by atoms with Gasteiger partial charge in [0.05, 0.1) is 11.9 Å². The maximum atomic E-state index is 14.0. The zero-order valence-electron chi connectivity index (χ0n) is 12.1. The van der Waals surface area contributed by atoms with Gasteiger partial charge in [-0.1, -0.05) is 6.92 Å². The predicted molar refractivity (Wildman–Crippen MR) is 86.7 cm³/mol. The normalized spacial score (nSPS) is 11.5. The van der Waals surface area contributed by atoms with Gasteiger partial charge in [0.1, 0.15) is 11.6 Å². The van der Waals surface area contributed by atoms with Crippen LogP contribution in [0.15, 0.2) is 41.3 Å². The highest BCUT2D eigenvalue weighted by Gasteiger charge is 2.14. The van der Waals surface area contributed by atoms with Crippen molar-refractivity contribution < 1.29 is 17.2 Å². The molecule has 3 nitrogen and oxygen atoms in total. The first-order chi connectivity index (χ1) is 10.3. The molecule has 0 fully saturated rings. The van der Waals surface area contributed by atoms with E-state index in [0.717, 1.165) is 29.0 Å². The average molecular weight is 343 g/mol. The number of thioether (sulfide) groups is 1. The van der Waals surface area contributed by atoms with Gasteiger partial charge in [0.25, 0.3) is 0 Å². The highest BCUT2D eigenvalue weighted by atomic mass is 32.2. The lowest BCUT2D eigenvalue weighted by Gasteiger charge is -2.13. The summed E-state index contributed by atoms with van der Waals surface area (Å²) in [4.78, 5) is 0.875. The molecule has 0 aromatic heterocycles. The van der Waals surface area contributed by atoms with Crippen molar-refractivity contribution in [2.24, 2.45) is 0 Å². The Morgan fingerprint density at radius 1 is 1.09 bits per heavy atom. The van der Waals surface area contributed by atoms with Crippen molar-refractivity contribution in [3.63, 3.8) is 0 Å². The van der Waals surface area contributed by atoms with E-state index in [9.17, 15) is 17.2 Å². The van der Waals surface area contributed by atoms with Crippen LogP contribution in [0.2, 0.25) is 0 Å². The Kier molecular flexibility index (Phi) is 5.08. The summed E-state index contributed by atoms with van der Waals surface area (Å²) in [5.74, 6) is -0.599. The molecule has 0 heterocycles. The number of anilines is 1. The van der Waals surface area contributed by atoms with Crippen molar-refractivity contribution in [1.29, 1.82) is 0 Å². The first kappa shape index (κ1) is 16.8. The Morgan fingerprint density at radius 3 is 2.41 bits per heavy atom. The van der Waals surface area contributed by atoms with Crippen LogP contribution in [0.3, 0.4) is 0 Å². The quantitative estimate of drug-likeness (QED) is 0.831. The minimum absolute atomic E-state index is 0.145. The molecule has 0 saturated carbocycles. The molecule has 0 amide bonds.